The van der Waals surface area contributed by atoms with Gasteiger partial charge in [0.25, 0.3) is 5.91 Å². The second kappa shape index (κ2) is 5.84. The summed E-state index contributed by atoms with van der Waals surface area (Å²) in [5, 5.41) is -0.361. The van der Waals surface area contributed by atoms with Gasteiger partial charge < -0.3 is 0 Å². The molecule has 114 valence electrons. The maximum absolute atomic E-state index is 12.8. The molecule has 3 nitrogen and oxygen atoms in total. The highest BCUT2D eigenvalue weighted by Gasteiger charge is 2.45. The van der Waals surface area contributed by atoms with Crippen molar-refractivity contribution in [3.63, 3.8) is 0 Å². The molecular weight excluding hydrogens is 282 g/mol. The minimum absolute atomic E-state index is 0.157. The van der Waals surface area contributed by atoms with Gasteiger partial charge in [0.2, 0.25) is 5.91 Å². The summed E-state index contributed by atoms with van der Waals surface area (Å²) in [6.07, 6.45) is 1.66. The van der Waals surface area contributed by atoms with Crippen LogP contribution in [0, 0.1) is 5.92 Å². The Hall–Kier alpha value is -1.29. The number of rotatable bonds is 4. The van der Waals surface area contributed by atoms with Gasteiger partial charge in [0.1, 0.15) is 0 Å². The first kappa shape index (κ1) is 16.1. The highest BCUT2D eigenvalue weighted by Crippen LogP contribution is 2.36. The van der Waals surface area contributed by atoms with Gasteiger partial charge in [0, 0.05) is 5.56 Å². The van der Waals surface area contributed by atoms with Crippen LogP contribution in [-0.2, 0) is 10.2 Å². The second-order valence-electron chi connectivity index (χ2n) is 6.60. The molecule has 1 aliphatic rings. The van der Waals surface area contributed by atoms with Crippen LogP contribution in [0.15, 0.2) is 24.3 Å². The van der Waals surface area contributed by atoms with E-state index < -0.39 is 5.41 Å². The smallest absolute Gasteiger partial charge is 0.261 e. The molecule has 0 aromatic heterocycles. The van der Waals surface area contributed by atoms with Crippen molar-refractivity contribution in [1.82, 2.24) is 4.90 Å². The first-order chi connectivity index (χ1) is 9.76. The van der Waals surface area contributed by atoms with E-state index in [1.165, 1.54) is 4.90 Å². The Bertz CT molecular complexity index is 566. The van der Waals surface area contributed by atoms with E-state index in [9.17, 15) is 9.59 Å². The lowest BCUT2D eigenvalue weighted by Crippen LogP contribution is -2.54. The summed E-state index contributed by atoms with van der Waals surface area (Å²) < 4.78 is 0. The lowest BCUT2D eigenvalue weighted by Gasteiger charge is -2.40. The maximum atomic E-state index is 12.8. The largest absolute Gasteiger partial charge is 0.273 e. The number of amides is 2. The average Bonchev–Trinajstić information content (AvgIpc) is 2.43. The van der Waals surface area contributed by atoms with Crippen molar-refractivity contribution in [2.75, 3.05) is 0 Å². The summed E-state index contributed by atoms with van der Waals surface area (Å²) in [4.78, 5) is 26.8. The quantitative estimate of drug-likeness (QED) is 0.681. The molecule has 1 aromatic carbocycles. The first-order valence-electron chi connectivity index (χ1n) is 7.42. The Labute approximate surface area is 132 Å². The van der Waals surface area contributed by atoms with Crippen LogP contribution in [0.1, 0.15) is 56.5 Å². The molecule has 2 rings (SSSR count). The number of fused-ring (bicyclic) bond motifs is 1. The fraction of sp³-hybridized carbons (Fsp3) is 0.529. The van der Waals surface area contributed by atoms with E-state index in [1.807, 2.05) is 32.0 Å². The van der Waals surface area contributed by atoms with Gasteiger partial charge in [0.05, 0.1) is 10.8 Å². The first-order valence-corrected chi connectivity index (χ1v) is 7.94. The van der Waals surface area contributed by atoms with Gasteiger partial charge in [-0.25, -0.2) is 0 Å². The van der Waals surface area contributed by atoms with E-state index in [0.717, 1.165) is 18.4 Å². The molecule has 0 fully saturated rings. The summed E-state index contributed by atoms with van der Waals surface area (Å²) in [7, 11) is 0. The molecule has 2 amide bonds. The molecule has 4 heteroatoms. The van der Waals surface area contributed by atoms with Gasteiger partial charge in [-0.05, 0) is 44.2 Å². The van der Waals surface area contributed by atoms with Crippen molar-refractivity contribution in [3.05, 3.63) is 35.4 Å². The van der Waals surface area contributed by atoms with E-state index in [2.05, 4.69) is 26.5 Å². The van der Waals surface area contributed by atoms with E-state index >= 15 is 0 Å². The second-order valence-corrected chi connectivity index (χ2v) is 7.20. The minimum Gasteiger partial charge on any atom is -0.273 e. The summed E-state index contributed by atoms with van der Waals surface area (Å²) in [5.74, 6) is 0.142. The van der Waals surface area contributed by atoms with Crippen LogP contribution in [0.25, 0.3) is 0 Å². The Balaban J connectivity index is 2.37. The zero-order valence-corrected chi connectivity index (χ0v) is 14.0. The van der Waals surface area contributed by atoms with Gasteiger partial charge in [-0.1, -0.05) is 32.0 Å². The van der Waals surface area contributed by atoms with Gasteiger partial charge in [-0.2, -0.15) is 12.6 Å². The topological polar surface area (TPSA) is 37.4 Å². The number of imide groups is 1. The Morgan fingerprint density at radius 1 is 1.14 bits per heavy atom. The molecule has 0 bridgehead atoms. The molecule has 1 atom stereocenters. The molecule has 21 heavy (non-hydrogen) atoms. The van der Waals surface area contributed by atoms with E-state index in [-0.39, 0.29) is 17.2 Å². The van der Waals surface area contributed by atoms with Crippen molar-refractivity contribution in [1.29, 1.82) is 0 Å². The van der Waals surface area contributed by atoms with Crippen molar-refractivity contribution in [2.24, 2.45) is 5.92 Å². The molecular formula is C17H23NO2S. The molecule has 0 saturated carbocycles. The van der Waals surface area contributed by atoms with E-state index in [4.69, 9.17) is 0 Å². The molecule has 1 heterocycles. The third kappa shape index (κ3) is 2.86. The zero-order valence-electron chi connectivity index (χ0n) is 13.1. The Morgan fingerprint density at radius 3 is 2.38 bits per heavy atom. The molecule has 1 unspecified atom stereocenters. The van der Waals surface area contributed by atoms with Crippen molar-refractivity contribution >= 4 is 24.4 Å². The van der Waals surface area contributed by atoms with Gasteiger partial charge in [0.15, 0.2) is 0 Å². The number of carbonyl (C=O) groups is 2. The third-order valence-electron chi connectivity index (χ3n) is 4.10. The number of benzene rings is 1. The lowest BCUT2D eigenvalue weighted by atomic mass is 9.77. The number of hydrogen-bond donors (Lipinski definition) is 1. The molecule has 0 spiro atoms. The van der Waals surface area contributed by atoms with Crippen LogP contribution in [-0.4, -0.2) is 22.1 Å². The number of nitrogens with zero attached hydrogens (tertiary/aromatic N) is 1. The van der Waals surface area contributed by atoms with Crippen LogP contribution >= 0.6 is 12.6 Å². The van der Waals surface area contributed by atoms with Crippen LogP contribution in [0.2, 0.25) is 0 Å². The fourth-order valence-electron chi connectivity index (χ4n) is 2.74. The van der Waals surface area contributed by atoms with E-state index in [0.29, 0.717) is 11.5 Å². The van der Waals surface area contributed by atoms with Crippen molar-refractivity contribution < 1.29 is 9.59 Å². The monoisotopic (exact) mass is 305 g/mol. The van der Waals surface area contributed by atoms with Crippen LogP contribution in [0.5, 0.6) is 0 Å². The lowest BCUT2D eigenvalue weighted by molar-refractivity contribution is -0.134. The summed E-state index contributed by atoms with van der Waals surface area (Å²) in [6.45, 7) is 7.99. The van der Waals surface area contributed by atoms with Crippen molar-refractivity contribution in [3.8, 4) is 0 Å². The fourth-order valence-corrected chi connectivity index (χ4v) is 3.09. The summed E-state index contributed by atoms with van der Waals surface area (Å²) in [6, 6.07) is 7.36. The van der Waals surface area contributed by atoms with Crippen LogP contribution in [0.3, 0.4) is 0 Å². The van der Waals surface area contributed by atoms with Crippen molar-refractivity contribution in [2.45, 2.75) is 51.3 Å². The number of thiol groups is 1. The van der Waals surface area contributed by atoms with Gasteiger partial charge in [-0.3, -0.25) is 14.5 Å². The average molecular weight is 305 g/mol. The summed E-state index contributed by atoms with van der Waals surface area (Å²) >= 11 is 4.52. The third-order valence-corrected chi connectivity index (χ3v) is 4.59. The highest BCUT2D eigenvalue weighted by atomic mass is 32.1. The number of hydrogen-bond acceptors (Lipinski definition) is 3. The highest BCUT2D eigenvalue weighted by molar-refractivity contribution is 7.80. The van der Waals surface area contributed by atoms with Crippen LogP contribution < -0.4 is 0 Å². The SMILES string of the molecule is CC(C)CCC(S)N1C(=O)c2ccccc2C(C)(C)C1=O. The van der Waals surface area contributed by atoms with Crippen LogP contribution in [0.4, 0.5) is 0 Å². The molecule has 0 aliphatic carbocycles. The molecule has 0 N–H and O–H groups in total. The standard InChI is InChI=1S/C17H23NO2S/c1-11(2)9-10-14(21)18-15(19)12-7-5-6-8-13(12)17(3,4)16(18)20/h5-8,11,14,21H,9-10H2,1-4H3. The Morgan fingerprint density at radius 2 is 1.76 bits per heavy atom. The molecule has 0 radical (unpaired) electrons. The predicted molar refractivity (Wildman–Crippen MR) is 87.5 cm³/mol. The van der Waals surface area contributed by atoms with E-state index in [1.54, 1.807) is 6.07 Å². The number of carbonyl (C=O) groups excluding carboxylic acids is 2. The molecule has 0 saturated heterocycles. The molecule has 1 aromatic rings. The minimum atomic E-state index is -0.691. The zero-order chi connectivity index (χ0) is 15.8. The van der Waals surface area contributed by atoms with Gasteiger partial charge in [-0.15, -0.1) is 0 Å². The van der Waals surface area contributed by atoms with Gasteiger partial charge >= 0.3 is 0 Å². The summed E-state index contributed by atoms with van der Waals surface area (Å²) in [5.41, 5.74) is 0.731. The predicted octanol–water partition coefficient (Wildman–Crippen LogP) is 3.64. The maximum Gasteiger partial charge on any atom is 0.261 e. The Kier molecular flexibility index (Phi) is 4.47. The molecule has 1 aliphatic heterocycles. The normalized spacial score (nSPS) is 18.9.